The molecule has 0 aromatic heterocycles. The van der Waals surface area contributed by atoms with Crippen molar-refractivity contribution in [2.24, 2.45) is 5.73 Å². The highest BCUT2D eigenvalue weighted by Gasteiger charge is 2.14. The van der Waals surface area contributed by atoms with E-state index in [1.165, 1.54) is 19.3 Å². The van der Waals surface area contributed by atoms with Crippen LogP contribution in [0.5, 0.6) is 0 Å². The molecule has 1 rings (SSSR count). The highest BCUT2D eigenvalue weighted by molar-refractivity contribution is 7.80. The zero-order valence-corrected chi connectivity index (χ0v) is 5.90. The molecule has 0 amide bonds. The number of thiol groups is 1. The van der Waals surface area contributed by atoms with Gasteiger partial charge in [0.1, 0.15) is 0 Å². The van der Waals surface area contributed by atoms with Crippen LogP contribution in [0.3, 0.4) is 0 Å². The summed E-state index contributed by atoms with van der Waals surface area (Å²) in [6.45, 7) is 0. The Morgan fingerprint density at radius 2 is 2.12 bits per heavy atom. The van der Waals surface area contributed by atoms with E-state index in [1.807, 2.05) is 0 Å². The molecular weight excluding hydrogens is 118 g/mol. The van der Waals surface area contributed by atoms with E-state index in [2.05, 4.69) is 12.6 Å². The van der Waals surface area contributed by atoms with E-state index in [0.717, 1.165) is 6.42 Å². The average Bonchev–Trinajstić information content (AvgIpc) is 1.64. The molecule has 8 heavy (non-hydrogen) atoms. The normalized spacial score (nSPS) is 39.8. The fourth-order valence-electron chi connectivity index (χ4n) is 1.20. The lowest BCUT2D eigenvalue weighted by Gasteiger charge is -2.22. The minimum Gasteiger partial charge on any atom is -0.328 e. The molecule has 0 spiro atoms. The van der Waals surface area contributed by atoms with Crippen LogP contribution >= 0.6 is 12.6 Å². The molecule has 0 saturated heterocycles. The topological polar surface area (TPSA) is 26.0 Å². The highest BCUT2D eigenvalue weighted by atomic mass is 32.1. The predicted molar refractivity (Wildman–Crippen MR) is 39.2 cm³/mol. The summed E-state index contributed by atoms with van der Waals surface area (Å²) in [6.07, 6.45) is 4.85. The van der Waals surface area contributed by atoms with Gasteiger partial charge >= 0.3 is 0 Å². The first-order valence-electron chi connectivity index (χ1n) is 3.22. The molecule has 2 atom stereocenters. The summed E-state index contributed by atoms with van der Waals surface area (Å²) in [6, 6.07) is 0.436. The molecule has 1 aliphatic rings. The first-order valence-corrected chi connectivity index (χ1v) is 3.74. The Morgan fingerprint density at radius 1 is 1.38 bits per heavy atom. The van der Waals surface area contributed by atoms with Crippen LogP contribution in [0, 0.1) is 0 Å². The molecule has 0 radical (unpaired) electrons. The fraction of sp³-hybridized carbons (Fsp3) is 1.00. The summed E-state index contributed by atoms with van der Waals surface area (Å²) in [4.78, 5) is 0. The van der Waals surface area contributed by atoms with Crippen molar-refractivity contribution >= 4 is 12.6 Å². The zero-order chi connectivity index (χ0) is 5.98. The van der Waals surface area contributed by atoms with Crippen LogP contribution in [0.1, 0.15) is 25.7 Å². The molecule has 1 aliphatic carbocycles. The molecule has 0 unspecified atom stereocenters. The molecule has 0 bridgehead atoms. The summed E-state index contributed by atoms with van der Waals surface area (Å²) in [5.41, 5.74) is 5.68. The SMILES string of the molecule is N[C@H]1CCC[C@H](S)C1. The van der Waals surface area contributed by atoms with Crippen molar-refractivity contribution in [3.63, 3.8) is 0 Å². The lowest BCUT2D eigenvalue weighted by atomic mass is 9.96. The molecular formula is C6H13NS. The molecule has 2 heteroatoms. The van der Waals surface area contributed by atoms with E-state index in [9.17, 15) is 0 Å². The first kappa shape index (κ1) is 6.43. The number of hydrogen-bond donors (Lipinski definition) is 2. The summed E-state index contributed by atoms with van der Waals surface area (Å²) in [5.74, 6) is 0. The lowest BCUT2D eigenvalue weighted by Crippen LogP contribution is -2.27. The van der Waals surface area contributed by atoms with Crippen molar-refractivity contribution in [1.29, 1.82) is 0 Å². The van der Waals surface area contributed by atoms with Gasteiger partial charge in [0.2, 0.25) is 0 Å². The van der Waals surface area contributed by atoms with Gasteiger partial charge in [0.05, 0.1) is 0 Å². The average molecular weight is 131 g/mol. The number of nitrogens with two attached hydrogens (primary N) is 1. The second kappa shape index (κ2) is 2.74. The van der Waals surface area contributed by atoms with Crippen LogP contribution < -0.4 is 5.73 Å². The predicted octanol–water partition coefficient (Wildman–Crippen LogP) is 1.19. The molecule has 48 valence electrons. The van der Waals surface area contributed by atoms with E-state index in [-0.39, 0.29) is 0 Å². The molecule has 0 aromatic rings. The van der Waals surface area contributed by atoms with Crippen LogP contribution in [-0.2, 0) is 0 Å². The van der Waals surface area contributed by atoms with Gasteiger partial charge in [-0.05, 0) is 19.3 Å². The summed E-state index contributed by atoms with van der Waals surface area (Å²) >= 11 is 4.34. The van der Waals surface area contributed by atoms with Crippen molar-refractivity contribution in [3.05, 3.63) is 0 Å². The molecule has 2 N–H and O–H groups in total. The zero-order valence-electron chi connectivity index (χ0n) is 5.01. The molecule has 0 heterocycles. The van der Waals surface area contributed by atoms with Gasteiger partial charge in [0.25, 0.3) is 0 Å². The molecule has 0 aliphatic heterocycles. The third-order valence-electron chi connectivity index (χ3n) is 1.69. The van der Waals surface area contributed by atoms with Gasteiger partial charge in [-0.15, -0.1) is 0 Å². The molecule has 1 saturated carbocycles. The monoisotopic (exact) mass is 131 g/mol. The van der Waals surface area contributed by atoms with Gasteiger partial charge in [-0.25, -0.2) is 0 Å². The van der Waals surface area contributed by atoms with E-state index < -0.39 is 0 Å². The van der Waals surface area contributed by atoms with Gasteiger partial charge in [0.15, 0.2) is 0 Å². The van der Waals surface area contributed by atoms with Gasteiger partial charge in [-0.3, -0.25) is 0 Å². The Kier molecular flexibility index (Phi) is 2.20. The van der Waals surface area contributed by atoms with Crippen LogP contribution in [0.2, 0.25) is 0 Å². The quantitative estimate of drug-likeness (QED) is 0.474. The van der Waals surface area contributed by atoms with Gasteiger partial charge in [-0.2, -0.15) is 12.6 Å². The van der Waals surface area contributed by atoms with Crippen LogP contribution in [-0.4, -0.2) is 11.3 Å². The van der Waals surface area contributed by atoms with Crippen molar-refractivity contribution < 1.29 is 0 Å². The maximum Gasteiger partial charge on any atom is 0.00492 e. The van der Waals surface area contributed by atoms with Crippen LogP contribution in [0.25, 0.3) is 0 Å². The second-order valence-corrected chi connectivity index (χ2v) is 3.31. The first-order chi connectivity index (χ1) is 3.79. The van der Waals surface area contributed by atoms with Gasteiger partial charge in [-0.1, -0.05) is 6.42 Å². The maximum atomic E-state index is 5.68. The van der Waals surface area contributed by atoms with Crippen LogP contribution in [0.15, 0.2) is 0 Å². The minimum atomic E-state index is 0.436. The third-order valence-corrected chi connectivity index (χ3v) is 2.16. The second-order valence-electron chi connectivity index (χ2n) is 2.58. The van der Waals surface area contributed by atoms with E-state index in [4.69, 9.17) is 5.73 Å². The summed E-state index contributed by atoms with van der Waals surface area (Å²) < 4.78 is 0. The Morgan fingerprint density at radius 3 is 2.50 bits per heavy atom. The Balaban J connectivity index is 2.23. The van der Waals surface area contributed by atoms with Crippen molar-refractivity contribution in [2.45, 2.75) is 37.0 Å². The maximum absolute atomic E-state index is 5.68. The Labute approximate surface area is 56.1 Å². The summed E-state index contributed by atoms with van der Waals surface area (Å²) in [7, 11) is 0. The van der Waals surface area contributed by atoms with Gasteiger partial charge < -0.3 is 5.73 Å². The lowest BCUT2D eigenvalue weighted by molar-refractivity contribution is 0.453. The van der Waals surface area contributed by atoms with Gasteiger partial charge in [0, 0.05) is 11.3 Å². The van der Waals surface area contributed by atoms with Crippen molar-refractivity contribution in [3.8, 4) is 0 Å². The van der Waals surface area contributed by atoms with E-state index in [0.29, 0.717) is 11.3 Å². The number of rotatable bonds is 0. The molecule has 1 nitrogen and oxygen atoms in total. The van der Waals surface area contributed by atoms with Crippen molar-refractivity contribution in [1.82, 2.24) is 0 Å². The number of hydrogen-bond acceptors (Lipinski definition) is 2. The van der Waals surface area contributed by atoms with E-state index in [1.54, 1.807) is 0 Å². The third kappa shape index (κ3) is 1.67. The summed E-state index contributed by atoms with van der Waals surface area (Å²) in [5, 5.41) is 0.582. The fourth-order valence-corrected chi connectivity index (χ4v) is 1.65. The van der Waals surface area contributed by atoms with Crippen molar-refractivity contribution in [2.75, 3.05) is 0 Å². The minimum absolute atomic E-state index is 0.436. The van der Waals surface area contributed by atoms with Crippen LogP contribution in [0.4, 0.5) is 0 Å². The molecule has 0 aromatic carbocycles. The standard InChI is InChI=1S/C6H13NS/c7-5-2-1-3-6(8)4-5/h5-6,8H,1-4,7H2/t5-,6-/m0/s1. The smallest absolute Gasteiger partial charge is 0.00492 e. The highest BCUT2D eigenvalue weighted by Crippen LogP contribution is 2.20. The largest absolute Gasteiger partial charge is 0.328 e. The van der Waals surface area contributed by atoms with E-state index >= 15 is 0 Å². The molecule has 1 fully saturated rings. The Bertz CT molecular complexity index is 66.9. The Hall–Kier alpha value is 0.310.